The number of para-hydroxylation sites is 1. The molecular formula is C20H23N5O. The number of carbonyl (C=O) groups is 1. The van der Waals surface area contributed by atoms with E-state index in [2.05, 4.69) is 33.2 Å². The van der Waals surface area contributed by atoms with Gasteiger partial charge in [0.15, 0.2) is 5.82 Å². The van der Waals surface area contributed by atoms with Gasteiger partial charge in [-0.3, -0.25) is 4.79 Å². The van der Waals surface area contributed by atoms with Gasteiger partial charge in [0.05, 0.1) is 6.42 Å². The summed E-state index contributed by atoms with van der Waals surface area (Å²) in [5, 5.41) is 9.27. The number of amides is 1. The molecule has 1 aliphatic heterocycles. The molecule has 0 spiro atoms. The molecule has 1 aromatic carbocycles. The van der Waals surface area contributed by atoms with E-state index in [1.54, 1.807) is 6.20 Å². The molecule has 0 aliphatic carbocycles. The SMILES string of the molecule is CN(c1cccnn1)C1CCN(C(=O)Cc2c[nH]c3ccccc23)CC1. The van der Waals surface area contributed by atoms with Crippen LogP contribution in [0.25, 0.3) is 10.9 Å². The summed E-state index contributed by atoms with van der Waals surface area (Å²) in [5.74, 6) is 1.09. The maximum absolute atomic E-state index is 12.7. The third-order valence-corrected chi connectivity index (χ3v) is 5.30. The van der Waals surface area contributed by atoms with Crippen molar-refractivity contribution in [3.8, 4) is 0 Å². The molecule has 1 saturated heterocycles. The largest absolute Gasteiger partial charge is 0.361 e. The Bertz CT molecular complexity index is 883. The van der Waals surface area contributed by atoms with E-state index in [0.717, 1.165) is 48.2 Å². The zero-order valence-electron chi connectivity index (χ0n) is 14.9. The molecule has 1 fully saturated rings. The molecular weight excluding hydrogens is 326 g/mol. The lowest BCUT2D eigenvalue weighted by Gasteiger charge is -2.37. The first kappa shape index (κ1) is 16.6. The second-order valence-electron chi connectivity index (χ2n) is 6.84. The third-order valence-electron chi connectivity index (χ3n) is 5.30. The van der Waals surface area contributed by atoms with Crippen molar-refractivity contribution in [3.63, 3.8) is 0 Å². The second kappa shape index (κ2) is 7.15. The number of fused-ring (bicyclic) bond motifs is 1. The molecule has 3 aromatic rings. The van der Waals surface area contributed by atoms with Crippen molar-refractivity contribution >= 4 is 22.6 Å². The summed E-state index contributed by atoms with van der Waals surface area (Å²) in [6, 6.07) is 12.4. The molecule has 0 bridgehead atoms. The van der Waals surface area contributed by atoms with Gasteiger partial charge in [0.1, 0.15) is 0 Å². The van der Waals surface area contributed by atoms with Crippen molar-refractivity contribution in [1.82, 2.24) is 20.1 Å². The third kappa shape index (κ3) is 3.27. The molecule has 0 atom stereocenters. The second-order valence-corrected chi connectivity index (χ2v) is 6.84. The summed E-state index contributed by atoms with van der Waals surface area (Å²) in [4.78, 5) is 20.1. The molecule has 1 aliphatic rings. The van der Waals surface area contributed by atoms with E-state index in [1.807, 2.05) is 41.4 Å². The summed E-state index contributed by atoms with van der Waals surface area (Å²) in [6.07, 6.45) is 5.99. The van der Waals surface area contributed by atoms with Crippen LogP contribution in [0.2, 0.25) is 0 Å². The molecule has 26 heavy (non-hydrogen) atoms. The first-order valence-corrected chi connectivity index (χ1v) is 9.05. The molecule has 0 saturated carbocycles. The predicted octanol–water partition coefficient (Wildman–Crippen LogP) is 2.63. The van der Waals surface area contributed by atoms with Crippen molar-refractivity contribution in [3.05, 3.63) is 54.4 Å². The molecule has 4 rings (SSSR count). The van der Waals surface area contributed by atoms with Gasteiger partial charge < -0.3 is 14.8 Å². The molecule has 1 N–H and O–H groups in total. The van der Waals surface area contributed by atoms with E-state index in [0.29, 0.717) is 12.5 Å². The van der Waals surface area contributed by atoms with Crippen LogP contribution >= 0.6 is 0 Å². The number of nitrogens with zero attached hydrogens (tertiary/aromatic N) is 4. The van der Waals surface area contributed by atoms with Gasteiger partial charge in [0.2, 0.25) is 5.91 Å². The van der Waals surface area contributed by atoms with E-state index in [-0.39, 0.29) is 5.91 Å². The average molecular weight is 349 g/mol. The minimum atomic E-state index is 0.204. The van der Waals surface area contributed by atoms with Gasteiger partial charge in [0.25, 0.3) is 0 Å². The Morgan fingerprint density at radius 3 is 2.81 bits per heavy atom. The zero-order valence-corrected chi connectivity index (χ0v) is 14.9. The van der Waals surface area contributed by atoms with E-state index in [9.17, 15) is 4.79 Å². The maximum atomic E-state index is 12.7. The standard InChI is InChI=1S/C20H23N5O/c1-24(19-7-4-10-22-23-19)16-8-11-25(12-9-16)20(26)13-15-14-21-18-6-3-2-5-17(15)18/h2-7,10,14,16,21H,8-9,11-13H2,1H3. The maximum Gasteiger partial charge on any atom is 0.227 e. The highest BCUT2D eigenvalue weighted by atomic mass is 16.2. The number of piperidine rings is 1. The van der Waals surface area contributed by atoms with Crippen LogP contribution in [0, 0.1) is 0 Å². The average Bonchev–Trinajstić information content (AvgIpc) is 3.11. The number of hydrogen-bond acceptors (Lipinski definition) is 4. The quantitative estimate of drug-likeness (QED) is 0.786. The smallest absolute Gasteiger partial charge is 0.227 e. The van der Waals surface area contributed by atoms with Gasteiger partial charge in [-0.1, -0.05) is 18.2 Å². The Morgan fingerprint density at radius 2 is 2.04 bits per heavy atom. The van der Waals surface area contributed by atoms with Gasteiger partial charge in [-0.2, -0.15) is 5.10 Å². The van der Waals surface area contributed by atoms with Crippen molar-refractivity contribution in [2.45, 2.75) is 25.3 Å². The summed E-state index contributed by atoms with van der Waals surface area (Å²) in [7, 11) is 2.05. The van der Waals surface area contributed by atoms with Gasteiger partial charge >= 0.3 is 0 Å². The van der Waals surface area contributed by atoms with Crippen molar-refractivity contribution < 1.29 is 4.79 Å². The van der Waals surface area contributed by atoms with Gasteiger partial charge in [0, 0.05) is 49.5 Å². The fourth-order valence-electron chi connectivity index (χ4n) is 3.72. The fourth-order valence-corrected chi connectivity index (χ4v) is 3.72. The zero-order chi connectivity index (χ0) is 17.9. The Kier molecular flexibility index (Phi) is 4.56. The van der Waals surface area contributed by atoms with Crippen molar-refractivity contribution in [2.24, 2.45) is 0 Å². The van der Waals surface area contributed by atoms with E-state index in [1.165, 1.54) is 0 Å². The topological polar surface area (TPSA) is 65.1 Å². The first-order valence-electron chi connectivity index (χ1n) is 9.05. The Balaban J connectivity index is 1.36. The number of carbonyl (C=O) groups excluding carboxylic acids is 1. The highest BCUT2D eigenvalue weighted by Crippen LogP contribution is 2.22. The predicted molar refractivity (Wildman–Crippen MR) is 102 cm³/mol. The van der Waals surface area contributed by atoms with Gasteiger partial charge in [-0.05, 0) is 36.6 Å². The van der Waals surface area contributed by atoms with E-state index in [4.69, 9.17) is 0 Å². The Labute approximate surface area is 152 Å². The summed E-state index contributed by atoms with van der Waals surface area (Å²) >= 11 is 0. The number of H-pyrrole nitrogens is 1. The molecule has 0 unspecified atom stereocenters. The molecule has 6 nitrogen and oxygen atoms in total. The molecule has 1 amide bonds. The van der Waals surface area contributed by atoms with Crippen LogP contribution in [0.1, 0.15) is 18.4 Å². The van der Waals surface area contributed by atoms with Gasteiger partial charge in [-0.15, -0.1) is 5.10 Å². The Hall–Kier alpha value is -2.89. The fraction of sp³-hybridized carbons (Fsp3) is 0.350. The monoisotopic (exact) mass is 349 g/mol. The van der Waals surface area contributed by atoms with E-state index >= 15 is 0 Å². The highest BCUT2D eigenvalue weighted by Gasteiger charge is 2.26. The van der Waals surface area contributed by atoms with Crippen molar-refractivity contribution in [1.29, 1.82) is 0 Å². The lowest BCUT2D eigenvalue weighted by molar-refractivity contribution is -0.131. The lowest BCUT2D eigenvalue weighted by Crippen LogP contribution is -2.46. The lowest BCUT2D eigenvalue weighted by atomic mass is 10.0. The Morgan fingerprint density at radius 1 is 1.23 bits per heavy atom. The summed E-state index contributed by atoms with van der Waals surface area (Å²) in [6.45, 7) is 1.58. The molecule has 0 radical (unpaired) electrons. The summed E-state index contributed by atoms with van der Waals surface area (Å²) < 4.78 is 0. The van der Waals surface area contributed by atoms with Crippen LogP contribution < -0.4 is 4.90 Å². The molecule has 6 heteroatoms. The van der Waals surface area contributed by atoms with Crippen LogP contribution in [0.15, 0.2) is 48.8 Å². The number of rotatable bonds is 4. The van der Waals surface area contributed by atoms with Gasteiger partial charge in [-0.25, -0.2) is 0 Å². The van der Waals surface area contributed by atoms with Crippen LogP contribution in [0.4, 0.5) is 5.82 Å². The minimum Gasteiger partial charge on any atom is -0.361 e. The molecule has 3 heterocycles. The van der Waals surface area contributed by atoms with Crippen molar-refractivity contribution in [2.75, 3.05) is 25.0 Å². The number of benzene rings is 1. The normalized spacial score (nSPS) is 15.3. The number of anilines is 1. The number of aromatic nitrogens is 3. The number of aromatic amines is 1. The van der Waals surface area contributed by atoms with Crippen LogP contribution in [-0.4, -0.2) is 52.2 Å². The van der Waals surface area contributed by atoms with E-state index < -0.39 is 0 Å². The number of hydrogen-bond donors (Lipinski definition) is 1. The first-order chi connectivity index (χ1) is 12.7. The van der Waals surface area contributed by atoms with Crippen LogP contribution in [0.5, 0.6) is 0 Å². The van der Waals surface area contributed by atoms with Crippen LogP contribution in [0.3, 0.4) is 0 Å². The molecule has 2 aromatic heterocycles. The molecule has 134 valence electrons. The minimum absolute atomic E-state index is 0.204. The summed E-state index contributed by atoms with van der Waals surface area (Å²) in [5.41, 5.74) is 2.16. The highest BCUT2D eigenvalue weighted by molar-refractivity contribution is 5.88. The number of nitrogens with one attached hydrogen (secondary N) is 1. The number of likely N-dealkylation sites (tertiary alicyclic amines) is 1. The van der Waals surface area contributed by atoms with Crippen LogP contribution in [-0.2, 0) is 11.2 Å².